The van der Waals surface area contributed by atoms with Crippen LogP contribution in [0, 0.1) is 0 Å². The number of hydrogen-bond donors (Lipinski definition) is 2. The summed E-state index contributed by atoms with van der Waals surface area (Å²) in [5.74, 6) is 1.33. The molecule has 1 radical (unpaired) electrons. The summed E-state index contributed by atoms with van der Waals surface area (Å²) in [4.78, 5) is 0. The maximum Gasteiger partial charge on any atom is 0.164 e. The van der Waals surface area contributed by atoms with E-state index < -0.39 is 7.92 Å². The molecule has 3 aliphatic rings. The molecule has 4 rings (SSSR count). The minimum atomic E-state index is -0.472. The average Bonchev–Trinajstić information content (AvgIpc) is 3.19. The molecule has 1 aliphatic heterocycles. The number of aliphatic hydroxyl groups is 2. The summed E-state index contributed by atoms with van der Waals surface area (Å²) in [6, 6.07) is 7.06. The van der Waals surface area contributed by atoms with Crippen molar-refractivity contribution < 1.29 is 34.4 Å². The molecule has 1 aromatic carbocycles. The molecule has 0 bridgehead atoms. The number of fused-ring (bicyclic) bond motifs is 1. The van der Waals surface area contributed by atoms with Crippen LogP contribution in [0.5, 0.6) is 5.75 Å². The van der Waals surface area contributed by atoms with Crippen LogP contribution in [0.2, 0.25) is 0 Å². The van der Waals surface area contributed by atoms with Gasteiger partial charge in [-0.15, -0.1) is 0 Å². The zero-order valence-electron chi connectivity index (χ0n) is 18.9. The van der Waals surface area contributed by atoms with Gasteiger partial charge in [0.25, 0.3) is 0 Å². The SMILES string of the molecule is CC(O)CC(C)O.[Rh].c1cc2c(c([PH+](C3CCCCC3)C3CCCCC3)c1)OCC2. The van der Waals surface area contributed by atoms with Gasteiger partial charge < -0.3 is 14.9 Å². The molecule has 2 saturated carbocycles. The van der Waals surface area contributed by atoms with Crippen LogP contribution in [0.1, 0.15) is 90.0 Å². The Morgan fingerprint density at radius 1 is 0.900 bits per heavy atom. The van der Waals surface area contributed by atoms with E-state index in [9.17, 15) is 0 Å². The largest absolute Gasteiger partial charge is 0.489 e. The van der Waals surface area contributed by atoms with Crippen molar-refractivity contribution in [2.45, 2.75) is 114 Å². The third kappa shape index (κ3) is 7.55. The Hall–Kier alpha value is -0.00662. The monoisotopic (exact) mass is 524 g/mol. The van der Waals surface area contributed by atoms with E-state index in [0.29, 0.717) is 6.42 Å². The summed E-state index contributed by atoms with van der Waals surface area (Å²) in [5.41, 5.74) is 3.52. The molecule has 0 spiro atoms. The van der Waals surface area contributed by atoms with Crippen LogP contribution in [0.3, 0.4) is 0 Å². The molecule has 2 atom stereocenters. The fourth-order valence-electron chi connectivity index (χ4n) is 5.54. The van der Waals surface area contributed by atoms with Gasteiger partial charge in [0.2, 0.25) is 0 Å². The second-order valence-electron chi connectivity index (χ2n) is 9.45. The van der Waals surface area contributed by atoms with Gasteiger partial charge in [-0.3, -0.25) is 0 Å². The van der Waals surface area contributed by atoms with E-state index >= 15 is 0 Å². The first-order chi connectivity index (χ1) is 14.1. The molecular formula is C25H42O3PRh+. The number of para-hydroxylation sites is 1. The Morgan fingerprint density at radius 2 is 1.43 bits per heavy atom. The van der Waals surface area contributed by atoms with Crippen molar-refractivity contribution in [2.24, 2.45) is 0 Å². The molecule has 2 N–H and O–H groups in total. The fourth-order valence-corrected chi connectivity index (χ4v) is 9.93. The summed E-state index contributed by atoms with van der Waals surface area (Å²) < 4.78 is 6.12. The Balaban J connectivity index is 0.000000350. The van der Waals surface area contributed by atoms with Gasteiger partial charge in [0, 0.05) is 39.4 Å². The quantitative estimate of drug-likeness (QED) is 0.408. The molecule has 0 saturated heterocycles. The second-order valence-corrected chi connectivity index (χ2v) is 12.5. The molecule has 1 aromatic rings. The van der Waals surface area contributed by atoms with Gasteiger partial charge in [-0.05, 0) is 77.7 Å². The van der Waals surface area contributed by atoms with Crippen LogP contribution in [0.4, 0.5) is 0 Å². The van der Waals surface area contributed by atoms with Crippen LogP contribution in [-0.4, -0.2) is 40.3 Å². The first kappa shape index (κ1) is 26.2. The van der Waals surface area contributed by atoms with E-state index in [1.165, 1.54) is 75.5 Å². The van der Waals surface area contributed by atoms with Crippen molar-refractivity contribution in [3.8, 4) is 5.75 Å². The predicted octanol–water partition coefficient (Wildman–Crippen LogP) is 5.26. The van der Waals surface area contributed by atoms with Crippen LogP contribution in [0.15, 0.2) is 18.2 Å². The summed E-state index contributed by atoms with van der Waals surface area (Å²) in [6.07, 6.45) is 15.7. The van der Waals surface area contributed by atoms with E-state index in [-0.39, 0.29) is 31.7 Å². The minimum Gasteiger partial charge on any atom is -0.489 e. The zero-order valence-corrected chi connectivity index (χ0v) is 21.5. The average molecular weight is 524 g/mol. The van der Waals surface area contributed by atoms with Crippen molar-refractivity contribution in [1.29, 1.82) is 0 Å². The van der Waals surface area contributed by atoms with E-state index in [0.717, 1.165) is 24.3 Å². The van der Waals surface area contributed by atoms with Gasteiger partial charge in [0.05, 0.1) is 30.1 Å². The van der Waals surface area contributed by atoms with Crippen molar-refractivity contribution in [3.05, 3.63) is 23.8 Å². The molecule has 2 aliphatic carbocycles. The van der Waals surface area contributed by atoms with E-state index in [1.807, 2.05) is 0 Å². The molecule has 30 heavy (non-hydrogen) atoms. The maximum absolute atomic E-state index is 8.56. The molecule has 0 aromatic heterocycles. The summed E-state index contributed by atoms with van der Waals surface area (Å²) in [5, 5.41) is 18.8. The van der Waals surface area contributed by atoms with Crippen LogP contribution >= 0.6 is 7.92 Å². The molecule has 3 nitrogen and oxygen atoms in total. The number of aliphatic hydroxyl groups excluding tert-OH is 2. The third-order valence-corrected chi connectivity index (χ3v) is 10.7. The Morgan fingerprint density at radius 3 is 1.90 bits per heavy atom. The normalized spacial score (nSPS) is 21.6. The molecule has 1 heterocycles. The van der Waals surface area contributed by atoms with Crippen molar-refractivity contribution >= 4 is 13.2 Å². The van der Waals surface area contributed by atoms with Crippen LogP contribution in [0.25, 0.3) is 0 Å². The number of benzene rings is 1. The number of hydrogen-bond acceptors (Lipinski definition) is 3. The fraction of sp³-hybridized carbons (Fsp3) is 0.760. The van der Waals surface area contributed by atoms with E-state index in [2.05, 4.69) is 18.2 Å². The molecule has 173 valence electrons. The third-order valence-electron chi connectivity index (χ3n) is 6.80. The van der Waals surface area contributed by atoms with E-state index in [1.54, 1.807) is 19.2 Å². The Labute approximate surface area is 197 Å². The van der Waals surface area contributed by atoms with Gasteiger partial charge in [0.15, 0.2) is 5.75 Å². The van der Waals surface area contributed by atoms with E-state index in [4.69, 9.17) is 14.9 Å². The Kier molecular flexibility index (Phi) is 11.8. The minimum absolute atomic E-state index is 0. The van der Waals surface area contributed by atoms with Gasteiger partial charge in [-0.2, -0.15) is 0 Å². The molecule has 2 unspecified atom stereocenters. The molecular weight excluding hydrogens is 482 g/mol. The number of ether oxygens (including phenoxy) is 1. The maximum atomic E-state index is 8.56. The number of rotatable bonds is 5. The summed E-state index contributed by atoms with van der Waals surface area (Å²) >= 11 is 0. The molecule has 2 fully saturated rings. The molecule has 5 heteroatoms. The van der Waals surface area contributed by atoms with Gasteiger partial charge >= 0.3 is 0 Å². The second kappa shape index (κ2) is 13.5. The van der Waals surface area contributed by atoms with Gasteiger partial charge in [-0.25, -0.2) is 0 Å². The standard InChI is InChI=1S/C20H29OP.C5H12O2.Rh/c1-3-9-17(10-4-1)22(18-11-5-2-6-12-18)19-13-7-8-16-14-15-21-20(16)19;1-4(6)3-5(2)7;/h7-8,13,17-18H,1-6,9-12,14-15H2;4-7H,3H2,1-2H3;/p+1. The zero-order chi connectivity index (χ0) is 20.6. The van der Waals surface area contributed by atoms with Gasteiger partial charge in [0.1, 0.15) is 5.30 Å². The van der Waals surface area contributed by atoms with Crippen molar-refractivity contribution in [3.63, 3.8) is 0 Å². The smallest absolute Gasteiger partial charge is 0.164 e. The summed E-state index contributed by atoms with van der Waals surface area (Å²) in [6.45, 7) is 4.23. The predicted molar refractivity (Wildman–Crippen MR) is 125 cm³/mol. The van der Waals surface area contributed by atoms with Crippen molar-refractivity contribution in [2.75, 3.05) is 6.61 Å². The topological polar surface area (TPSA) is 49.7 Å². The Bertz CT molecular complexity index is 586. The van der Waals surface area contributed by atoms with Crippen LogP contribution < -0.4 is 10.0 Å². The molecule has 0 amide bonds. The van der Waals surface area contributed by atoms with Crippen LogP contribution in [-0.2, 0) is 25.9 Å². The first-order valence-electron chi connectivity index (χ1n) is 12.0. The van der Waals surface area contributed by atoms with Crippen molar-refractivity contribution in [1.82, 2.24) is 0 Å². The van der Waals surface area contributed by atoms with Gasteiger partial charge in [-0.1, -0.05) is 25.0 Å². The summed E-state index contributed by atoms with van der Waals surface area (Å²) in [7, 11) is -0.472. The first-order valence-corrected chi connectivity index (χ1v) is 13.7.